The number of amides is 1. The van der Waals surface area contributed by atoms with Gasteiger partial charge in [0.2, 0.25) is 15.9 Å². The smallest absolute Gasteiger partial charge is 0.244 e. The minimum Gasteiger partial charge on any atom is -0.342 e. The highest BCUT2D eigenvalue weighted by Gasteiger charge is 2.31. The Hall–Kier alpha value is -0.860. The number of hydrogen-bond donors (Lipinski definition) is 0. The van der Waals surface area contributed by atoms with Crippen LogP contribution in [0.4, 0.5) is 0 Å². The summed E-state index contributed by atoms with van der Waals surface area (Å²) in [5.41, 5.74) is 0. The highest BCUT2D eigenvalue weighted by Crippen LogP contribution is 2.31. The maximum atomic E-state index is 12.8. The molecular weight excluding hydrogens is 385 g/mol. The van der Waals surface area contributed by atoms with E-state index in [0.29, 0.717) is 45.8 Å². The second-order valence-corrected chi connectivity index (χ2v) is 8.49. The molecule has 0 unspecified atom stereocenters. The first-order chi connectivity index (χ1) is 11.8. The van der Waals surface area contributed by atoms with E-state index in [1.807, 2.05) is 18.7 Å². The molecule has 1 heterocycles. The Morgan fingerprint density at radius 2 is 1.72 bits per heavy atom. The number of rotatable bonds is 6. The number of hydrogen-bond acceptors (Lipinski definition) is 4. The maximum Gasteiger partial charge on any atom is 0.244 e. The summed E-state index contributed by atoms with van der Waals surface area (Å²) >= 11 is 12.0. The summed E-state index contributed by atoms with van der Waals surface area (Å²) in [6.45, 7) is 7.20. The summed E-state index contributed by atoms with van der Waals surface area (Å²) < 4.78 is 27.0. The molecule has 0 saturated carbocycles. The summed E-state index contributed by atoms with van der Waals surface area (Å²) in [5, 5.41) is 0.259. The Balaban J connectivity index is 2.02. The predicted octanol–water partition coefficient (Wildman–Crippen LogP) is 2.17. The van der Waals surface area contributed by atoms with E-state index in [0.717, 1.165) is 0 Å². The van der Waals surface area contributed by atoms with Gasteiger partial charge in [-0.25, -0.2) is 8.42 Å². The van der Waals surface area contributed by atoms with Gasteiger partial charge < -0.3 is 4.90 Å². The third-order valence-electron chi connectivity index (χ3n) is 4.34. The largest absolute Gasteiger partial charge is 0.342 e. The Labute approximate surface area is 159 Å². The molecule has 0 bridgehead atoms. The normalized spacial score (nSPS) is 16.8. The molecule has 140 valence electrons. The molecule has 1 aromatic carbocycles. The van der Waals surface area contributed by atoms with Gasteiger partial charge in [0.15, 0.2) is 0 Å². The molecule has 1 aliphatic rings. The van der Waals surface area contributed by atoms with Crippen molar-refractivity contribution in [3.05, 3.63) is 28.2 Å². The quantitative estimate of drug-likeness (QED) is 0.724. The van der Waals surface area contributed by atoms with Gasteiger partial charge >= 0.3 is 0 Å². The Morgan fingerprint density at radius 3 is 2.28 bits per heavy atom. The Kier molecular flexibility index (Phi) is 7.10. The van der Waals surface area contributed by atoms with E-state index in [4.69, 9.17) is 23.2 Å². The molecule has 0 spiro atoms. The topological polar surface area (TPSA) is 60.9 Å². The predicted molar refractivity (Wildman–Crippen MR) is 99.6 cm³/mol. The first-order valence-electron chi connectivity index (χ1n) is 8.25. The molecule has 1 aromatic rings. The van der Waals surface area contributed by atoms with Crippen molar-refractivity contribution in [2.24, 2.45) is 0 Å². The molecule has 9 heteroatoms. The lowest BCUT2D eigenvalue weighted by atomic mass is 10.3. The van der Waals surface area contributed by atoms with Crippen molar-refractivity contribution in [3.8, 4) is 0 Å². The summed E-state index contributed by atoms with van der Waals surface area (Å²) in [4.78, 5) is 15.9. The molecule has 1 amide bonds. The molecule has 25 heavy (non-hydrogen) atoms. The number of halogens is 2. The van der Waals surface area contributed by atoms with Crippen LogP contribution in [-0.4, -0.2) is 74.2 Å². The Bertz CT molecular complexity index is 715. The first kappa shape index (κ1) is 20.5. The average Bonchev–Trinajstić information content (AvgIpc) is 2.58. The molecule has 1 saturated heterocycles. The van der Waals surface area contributed by atoms with Gasteiger partial charge in [0.1, 0.15) is 4.90 Å². The lowest BCUT2D eigenvalue weighted by Crippen LogP contribution is -2.51. The minimum atomic E-state index is -3.70. The number of piperazine rings is 1. The standard InChI is InChI=1S/C16H23Cl2N3O3S/c1-3-20(4-2)15(22)12-19-8-10-21(11-9-19)25(23,24)14-7-5-6-13(17)16(14)18/h5-7H,3-4,8-12H2,1-2H3. The van der Waals surface area contributed by atoms with Gasteiger partial charge in [-0.15, -0.1) is 0 Å². The fraction of sp³-hybridized carbons (Fsp3) is 0.562. The van der Waals surface area contributed by atoms with Crippen LogP contribution in [0.1, 0.15) is 13.8 Å². The molecule has 2 rings (SSSR count). The van der Waals surface area contributed by atoms with Crippen LogP contribution in [0.2, 0.25) is 10.0 Å². The molecular formula is C16H23Cl2N3O3S. The molecule has 0 aliphatic carbocycles. The number of carbonyl (C=O) groups is 1. The monoisotopic (exact) mass is 407 g/mol. The van der Waals surface area contributed by atoms with E-state index in [1.54, 1.807) is 17.0 Å². The zero-order valence-electron chi connectivity index (χ0n) is 14.4. The van der Waals surface area contributed by atoms with Crippen LogP contribution in [-0.2, 0) is 14.8 Å². The van der Waals surface area contributed by atoms with Crippen molar-refractivity contribution in [2.75, 3.05) is 45.8 Å². The highest BCUT2D eigenvalue weighted by atomic mass is 35.5. The SMILES string of the molecule is CCN(CC)C(=O)CN1CCN(S(=O)(=O)c2cccc(Cl)c2Cl)CC1. The molecule has 0 N–H and O–H groups in total. The zero-order chi connectivity index (χ0) is 18.6. The maximum absolute atomic E-state index is 12.8. The van der Waals surface area contributed by atoms with Crippen molar-refractivity contribution in [3.63, 3.8) is 0 Å². The van der Waals surface area contributed by atoms with Gasteiger partial charge in [0.05, 0.1) is 16.6 Å². The summed E-state index contributed by atoms with van der Waals surface area (Å²) in [5.74, 6) is 0.0687. The third-order valence-corrected chi connectivity index (χ3v) is 7.21. The third kappa shape index (κ3) is 4.65. The van der Waals surface area contributed by atoms with Gasteiger partial charge in [-0.2, -0.15) is 4.31 Å². The van der Waals surface area contributed by atoms with Crippen molar-refractivity contribution in [1.29, 1.82) is 0 Å². The van der Waals surface area contributed by atoms with Gasteiger partial charge in [0, 0.05) is 39.3 Å². The van der Waals surface area contributed by atoms with E-state index in [2.05, 4.69) is 0 Å². The lowest BCUT2D eigenvalue weighted by molar-refractivity contribution is -0.132. The first-order valence-corrected chi connectivity index (χ1v) is 10.4. The molecule has 1 aliphatic heterocycles. The Morgan fingerprint density at radius 1 is 1.12 bits per heavy atom. The summed E-state index contributed by atoms with van der Waals surface area (Å²) in [7, 11) is -3.70. The fourth-order valence-electron chi connectivity index (χ4n) is 2.82. The van der Waals surface area contributed by atoms with Crippen molar-refractivity contribution in [2.45, 2.75) is 18.7 Å². The van der Waals surface area contributed by atoms with Crippen molar-refractivity contribution < 1.29 is 13.2 Å². The summed E-state index contributed by atoms with van der Waals surface area (Å²) in [6.07, 6.45) is 0. The molecule has 0 atom stereocenters. The summed E-state index contributed by atoms with van der Waals surface area (Å²) in [6, 6.07) is 4.58. The van der Waals surface area contributed by atoms with Gasteiger partial charge in [-0.1, -0.05) is 29.3 Å². The van der Waals surface area contributed by atoms with Crippen molar-refractivity contribution >= 4 is 39.1 Å². The molecule has 0 radical (unpaired) electrons. The van der Waals surface area contributed by atoms with E-state index >= 15 is 0 Å². The number of nitrogens with zero attached hydrogens (tertiary/aromatic N) is 3. The number of likely N-dealkylation sites (N-methyl/N-ethyl adjacent to an activating group) is 1. The van der Waals surface area contributed by atoms with E-state index in [-0.39, 0.29) is 20.8 Å². The van der Waals surface area contributed by atoms with E-state index in [9.17, 15) is 13.2 Å². The van der Waals surface area contributed by atoms with Gasteiger partial charge in [-0.3, -0.25) is 9.69 Å². The highest BCUT2D eigenvalue weighted by molar-refractivity contribution is 7.89. The number of benzene rings is 1. The van der Waals surface area contributed by atoms with Crippen LogP contribution in [0.15, 0.2) is 23.1 Å². The fourth-order valence-corrected chi connectivity index (χ4v) is 4.98. The molecule has 0 aromatic heterocycles. The van der Waals surface area contributed by atoms with Gasteiger partial charge in [0.25, 0.3) is 0 Å². The second-order valence-electron chi connectivity index (χ2n) is 5.80. The van der Waals surface area contributed by atoms with Crippen LogP contribution in [0.5, 0.6) is 0 Å². The molecule has 1 fully saturated rings. The minimum absolute atomic E-state index is 0.0225. The van der Waals surface area contributed by atoms with Crippen LogP contribution in [0, 0.1) is 0 Å². The van der Waals surface area contributed by atoms with E-state index < -0.39 is 10.0 Å². The van der Waals surface area contributed by atoms with Gasteiger partial charge in [-0.05, 0) is 26.0 Å². The molecule has 6 nitrogen and oxygen atoms in total. The van der Waals surface area contributed by atoms with Crippen LogP contribution in [0.25, 0.3) is 0 Å². The zero-order valence-corrected chi connectivity index (χ0v) is 16.7. The van der Waals surface area contributed by atoms with Crippen LogP contribution >= 0.6 is 23.2 Å². The van der Waals surface area contributed by atoms with Crippen molar-refractivity contribution in [1.82, 2.24) is 14.1 Å². The van der Waals surface area contributed by atoms with E-state index in [1.165, 1.54) is 10.4 Å². The van der Waals surface area contributed by atoms with Crippen LogP contribution < -0.4 is 0 Å². The number of carbonyl (C=O) groups excluding carboxylic acids is 1. The lowest BCUT2D eigenvalue weighted by Gasteiger charge is -2.34. The number of sulfonamides is 1. The second kappa shape index (κ2) is 8.68. The average molecular weight is 408 g/mol. The van der Waals surface area contributed by atoms with Crippen LogP contribution in [0.3, 0.4) is 0 Å².